The number of hydrogen-bond donors (Lipinski definition) is 2. The van der Waals surface area contributed by atoms with E-state index in [-0.39, 0.29) is 30.2 Å². The van der Waals surface area contributed by atoms with Crippen molar-refractivity contribution in [1.82, 2.24) is 10.2 Å². The zero-order valence-electron chi connectivity index (χ0n) is 13.8. The van der Waals surface area contributed by atoms with Crippen molar-refractivity contribution < 1.29 is 9.18 Å². The van der Waals surface area contributed by atoms with Crippen LogP contribution in [0.1, 0.15) is 26.2 Å². The van der Waals surface area contributed by atoms with E-state index in [0.29, 0.717) is 5.69 Å². The van der Waals surface area contributed by atoms with Crippen LogP contribution >= 0.6 is 12.4 Å². The van der Waals surface area contributed by atoms with Gasteiger partial charge in [-0.15, -0.1) is 12.4 Å². The third-order valence-corrected chi connectivity index (χ3v) is 4.47. The average molecular weight is 344 g/mol. The van der Waals surface area contributed by atoms with Gasteiger partial charge in [-0.3, -0.25) is 9.69 Å². The highest BCUT2D eigenvalue weighted by Crippen LogP contribution is 2.22. The van der Waals surface area contributed by atoms with Crippen LogP contribution in [0.5, 0.6) is 0 Å². The molecule has 1 aromatic carbocycles. The Morgan fingerprint density at radius 3 is 2.70 bits per heavy atom. The quantitative estimate of drug-likeness (QED) is 0.834. The van der Waals surface area contributed by atoms with E-state index in [1.54, 1.807) is 12.1 Å². The summed E-state index contributed by atoms with van der Waals surface area (Å²) in [7, 11) is 1.98. The second-order valence-corrected chi connectivity index (χ2v) is 6.05. The minimum atomic E-state index is -0.337. The summed E-state index contributed by atoms with van der Waals surface area (Å²) in [5.41, 5.74) is 0.515. The molecule has 1 atom stereocenters. The fourth-order valence-electron chi connectivity index (χ4n) is 2.96. The fourth-order valence-corrected chi connectivity index (χ4v) is 2.96. The first-order chi connectivity index (χ1) is 10.6. The molecule has 4 nitrogen and oxygen atoms in total. The van der Waals surface area contributed by atoms with Crippen LogP contribution < -0.4 is 10.6 Å². The molecule has 1 unspecified atom stereocenters. The molecule has 0 bridgehead atoms. The van der Waals surface area contributed by atoms with Crippen molar-refractivity contribution in [2.75, 3.05) is 32.0 Å². The normalized spacial score (nSPS) is 17.3. The second-order valence-electron chi connectivity index (χ2n) is 6.05. The van der Waals surface area contributed by atoms with E-state index in [1.165, 1.54) is 18.6 Å². The van der Waals surface area contributed by atoms with E-state index in [9.17, 15) is 9.18 Å². The highest BCUT2D eigenvalue weighted by molar-refractivity contribution is 5.94. The summed E-state index contributed by atoms with van der Waals surface area (Å²) in [5.74, 6) is 0.345. The van der Waals surface area contributed by atoms with Crippen LogP contribution in [0, 0.1) is 11.7 Å². The third-order valence-electron chi connectivity index (χ3n) is 4.47. The maximum atomic E-state index is 13.2. The van der Waals surface area contributed by atoms with E-state index in [0.717, 1.165) is 38.4 Å². The molecule has 1 aliphatic heterocycles. The zero-order chi connectivity index (χ0) is 15.9. The number of amides is 1. The van der Waals surface area contributed by atoms with Crippen LogP contribution in [0.15, 0.2) is 24.3 Å². The van der Waals surface area contributed by atoms with Gasteiger partial charge in [-0.2, -0.15) is 0 Å². The van der Waals surface area contributed by atoms with Crippen LogP contribution in [0.4, 0.5) is 10.1 Å². The van der Waals surface area contributed by atoms with E-state index >= 15 is 0 Å². The highest BCUT2D eigenvalue weighted by Gasteiger charge is 2.26. The molecule has 0 spiro atoms. The van der Waals surface area contributed by atoms with Gasteiger partial charge >= 0.3 is 0 Å². The van der Waals surface area contributed by atoms with Crippen molar-refractivity contribution in [3.63, 3.8) is 0 Å². The maximum Gasteiger partial charge on any atom is 0.241 e. The average Bonchev–Trinajstić information content (AvgIpc) is 2.52. The zero-order valence-corrected chi connectivity index (χ0v) is 14.7. The Hall–Kier alpha value is -1.17. The van der Waals surface area contributed by atoms with Gasteiger partial charge in [-0.25, -0.2) is 4.39 Å². The summed E-state index contributed by atoms with van der Waals surface area (Å²) in [6.07, 6.45) is 3.48. The molecule has 6 heteroatoms. The summed E-state index contributed by atoms with van der Waals surface area (Å²) in [5, 5.41) is 5.99. The smallest absolute Gasteiger partial charge is 0.241 e. The van der Waals surface area contributed by atoms with Gasteiger partial charge in [0, 0.05) is 5.69 Å². The van der Waals surface area contributed by atoms with Crippen LogP contribution in [0.3, 0.4) is 0 Å². The van der Waals surface area contributed by atoms with Gasteiger partial charge in [-0.05, 0) is 77.0 Å². The van der Waals surface area contributed by atoms with Gasteiger partial charge in [0.2, 0.25) is 5.91 Å². The molecular weight excluding hydrogens is 317 g/mol. The number of halogens is 2. The van der Waals surface area contributed by atoms with Crippen molar-refractivity contribution in [3.8, 4) is 0 Å². The van der Waals surface area contributed by atoms with Crippen molar-refractivity contribution in [2.24, 2.45) is 5.92 Å². The van der Waals surface area contributed by atoms with Crippen molar-refractivity contribution >= 4 is 24.0 Å². The minimum absolute atomic E-state index is 0. The van der Waals surface area contributed by atoms with Crippen LogP contribution in [0.2, 0.25) is 0 Å². The third kappa shape index (κ3) is 6.09. The first-order valence-electron chi connectivity index (χ1n) is 8.05. The van der Waals surface area contributed by atoms with Gasteiger partial charge in [0.15, 0.2) is 0 Å². The lowest BCUT2D eigenvalue weighted by Crippen LogP contribution is -2.46. The molecule has 0 saturated carbocycles. The molecular formula is C17H27ClFN3O. The molecule has 1 fully saturated rings. The molecule has 1 saturated heterocycles. The first-order valence-corrected chi connectivity index (χ1v) is 8.05. The number of piperidine rings is 1. The molecule has 1 aromatic rings. The monoisotopic (exact) mass is 343 g/mol. The van der Waals surface area contributed by atoms with E-state index in [1.807, 2.05) is 14.0 Å². The SMILES string of the molecule is CNCCC1CCN(C(C)C(=O)Nc2cccc(F)c2)CC1.Cl. The number of nitrogens with one attached hydrogen (secondary N) is 2. The summed E-state index contributed by atoms with van der Waals surface area (Å²) >= 11 is 0. The Bertz CT molecular complexity index is 492. The molecule has 2 N–H and O–H groups in total. The molecule has 0 aromatic heterocycles. The Kier molecular flexibility index (Phi) is 8.52. The Morgan fingerprint density at radius 2 is 2.09 bits per heavy atom. The molecule has 130 valence electrons. The van der Waals surface area contributed by atoms with Gasteiger partial charge in [0.1, 0.15) is 5.82 Å². The van der Waals surface area contributed by atoms with Crippen molar-refractivity contribution in [1.29, 1.82) is 0 Å². The lowest BCUT2D eigenvalue weighted by molar-refractivity contribution is -0.121. The van der Waals surface area contributed by atoms with Gasteiger partial charge in [0.25, 0.3) is 0 Å². The molecule has 1 aliphatic rings. The Morgan fingerprint density at radius 1 is 1.39 bits per heavy atom. The van der Waals surface area contributed by atoms with Crippen molar-refractivity contribution in [2.45, 2.75) is 32.2 Å². The lowest BCUT2D eigenvalue weighted by Gasteiger charge is -2.35. The summed E-state index contributed by atoms with van der Waals surface area (Å²) in [6, 6.07) is 5.83. The number of likely N-dealkylation sites (tertiary alicyclic amines) is 1. The molecule has 0 radical (unpaired) electrons. The number of carbonyl (C=O) groups is 1. The largest absolute Gasteiger partial charge is 0.325 e. The number of hydrogen-bond acceptors (Lipinski definition) is 3. The number of benzene rings is 1. The standard InChI is InChI=1S/C17H26FN3O.ClH/c1-13(17(22)20-16-5-3-4-15(18)12-16)21-10-7-14(8-11-21)6-9-19-2;/h3-5,12-14,19H,6-11H2,1-2H3,(H,20,22);1H. The van der Waals surface area contributed by atoms with Crippen LogP contribution in [0.25, 0.3) is 0 Å². The predicted octanol–water partition coefficient (Wildman–Crippen LogP) is 2.90. The molecule has 23 heavy (non-hydrogen) atoms. The van der Waals surface area contributed by atoms with Gasteiger partial charge in [-0.1, -0.05) is 6.07 Å². The van der Waals surface area contributed by atoms with Gasteiger partial charge < -0.3 is 10.6 Å². The van der Waals surface area contributed by atoms with Crippen LogP contribution in [-0.2, 0) is 4.79 Å². The second kappa shape index (κ2) is 9.85. The topological polar surface area (TPSA) is 44.4 Å². The lowest BCUT2D eigenvalue weighted by atomic mass is 9.93. The number of anilines is 1. The molecule has 1 heterocycles. The van der Waals surface area contributed by atoms with E-state index in [2.05, 4.69) is 15.5 Å². The summed E-state index contributed by atoms with van der Waals surface area (Å²) in [6.45, 7) is 4.88. The van der Waals surface area contributed by atoms with Gasteiger partial charge in [0.05, 0.1) is 6.04 Å². The number of carbonyl (C=O) groups excluding carboxylic acids is 1. The number of nitrogens with zero attached hydrogens (tertiary/aromatic N) is 1. The summed E-state index contributed by atoms with van der Waals surface area (Å²) in [4.78, 5) is 14.5. The molecule has 0 aliphatic carbocycles. The molecule has 2 rings (SSSR count). The fraction of sp³-hybridized carbons (Fsp3) is 0.588. The van der Waals surface area contributed by atoms with E-state index in [4.69, 9.17) is 0 Å². The Balaban J connectivity index is 0.00000264. The molecule has 1 amide bonds. The van der Waals surface area contributed by atoms with E-state index < -0.39 is 0 Å². The first kappa shape index (κ1) is 19.9. The number of rotatable bonds is 6. The predicted molar refractivity (Wildman–Crippen MR) is 94.6 cm³/mol. The Labute approximate surface area is 144 Å². The minimum Gasteiger partial charge on any atom is -0.325 e. The highest BCUT2D eigenvalue weighted by atomic mass is 35.5. The maximum absolute atomic E-state index is 13.2. The van der Waals surface area contributed by atoms with Crippen molar-refractivity contribution in [3.05, 3.63) is 30.1 Å². The van der Waals surface area contributed by atoms with Crippen LogP contribution in [-0.4, -0.2) is 43.5 Å². The summed E-state index contributed by atoms with van der Waals surface area (Å²) < 4.78 is 13.2.